The van der Waals surface area contributed by atoms with Crippen molar-refractivity contribution in [1.29, 1.82) is 0 Å². The quantitative estimate of drug-likeness (QED) is 0.940. The molecule has 5 nitrogen and oxygen atoms in total. The van der Waals surface area contributed by atoms with Crippen molar-refractivity contribution in [2.24, 2.45) is 0 Å². The minimum atomic E-state index is -0.201. The third-order valence-corrected chi connectivity index (χ3v) is 3.43. The fourth-order valence-electron chi connectivity index (χ4n) is 2.35. The summed E-state index contributed by atoms with van der Waals surface area (Å²) in [5.41, 5.74) is 2.08. The zero-order chi connectivity index (χ0) is 14.7. The van der Waals surface area contributed by atoms with Crippen LogP contribution in [-0.2, 0) is 4.79 Å². The number of anilines is 2. The van der Waals surface area contributed by atoms with Crippen LogP contribution < -0.4 is 10.2 Å². The maximum atomic E-state index is 12.0. The Labute approximate surface area is 122 Å². The second-order valence-electron chi connectivity index (χ2n) is 4.89. The number of carbonyl (C=O) groups is 2. The van der Waals surface area contributed by atoms with Crippen molar-refractivity contribution in [2.75, 3.05) is 16.8 Å². The van der Waals surface area contributed by atoms with E-state index in [1.807, 2.05) is 12.1 Å². The normalized spacial score (nSPS) is 14.3. The lowest BCUT2D eigenvalue weighted by atomic mass is 10.2. The lowest BCUT2D eigenvalue weighted by molar-refractivity contribution is -0.117. The van der Waals surface area contributed by atoms with E-state index in [1.54, 1.807) is 35.4 Å². The van der Waals surface area contributed by atoms with Gasteiger partial charge in [-0.3, -0.25) is 14.6 Å². The Morgan fingerprint density at radius 1 is 1.19 bits per heavy atom. The van der Waals surface area contributed by atoms with Gasteiger partial charge in [0.2, 0.25) is 5.91 Å². The molecule has 2 aromatic rings. The second kappa shape index (κ2) is 5.75. The van der Waals surface area contributed by atoms with Crippen LogP contribution in [0.2, 0.25) is 0 Å². The molecule has 1 aliphatic rings. The fraction of sp³-hybridized carbons (Fsp3) is 0.188. The minimum absolute atomic E-state index is 0.155. The highest BCUT2D eigenvalue weighted by molar-refractivity contribution is 6.04. The molecule has 1 aliphatic heterocycles. The van der Waals surface area contributed by atoms with E-state index in [0.29, 0.717) is 17.7 Å². The number of rotatable bonds is 3. The van der Waals surface area contributed by atoms with Crippen LogP contribution in [0, 0.1) is 0 Å². The van der Waals surface area contributed by atoms with Gasteiger partial charge in [-0.05, 0) is 42.8 Å². The number of pyridine rings is 1. The van der Waals surface area contributed by atoms with Crippen LogP contribution in [0.5, 0.6) is 0 Å². The molecule has 0 radical (unpaired) electrons. The van der Waals surface area contributed by atoms with Gasteiger partial charge in [-0.1, -0.05) is 0 Å². The lowest BCUT2D eigenvalue weighted by Gasteiger charge is -2.16. The Bertz CT molecular complexity index is 653. The molecule has 0 bridgehead atoms. The second-order valence-corrected chi connectivity index (χ2v) is 4.89. The van der Waals surface area contributed by atoms with E-state index in [1.165, 1.54) is 6.20 Å². The van der Waals surface area contributed by atoms with E-state index in [9.17, 15) is 9.59 Å². The molecule has 0 atom stereocenters. The van der Waals surface area contributed by atoms with Crippen LogP contribution >= 0.6 is 0 Å². The van der Waals surface area contributed by atoms with Crippen LogP contribution in [0.25, 0.3) is 0 Å². The molecule has 21 heavy (non-hydrogen) atoms. The van der Waals surface area contributed by atoms with Gasteiger partial charge in [0.15, 0.2) is 0 Å². The third-order valence-electron chi connectivity index (χ3n) is 3.43. The van der Waals surface area contributed by atoms with E-state index in [0.717, 1.165) is 18.7 Å². The molecule has 0 aliphatic carbocycles. The number of amides is 2. The van der Waals surface area contributed by atoms with Gasteiger partial charge in [-0.25, -0.2) is 0 Å². The van der Waals surface area contributed by atoms with E-state index >= 15 is 0 Å². The van der Waals surface area contributed by atoms with Crippen molar-refractivity contribution in [3.63, 3.8) is 0 Å². The molecule has 0 unspecified atom stereocenters. The third kappa shape index (κ3) is 2.91. The highest BCUT2D eigenvalue weighted by Crippen LogP contribution is 2.23. The van der Waals surface area contributed by atoms with Gasteiger partial charge >= 0.3 is 0 Å². The van der Waals surface area contributed by atoms with Crippen LogP contribution in [0.1, 0.15) is 23.2 Å². The Morgan fingerprint density at radius 2 is 2.00 bits per heavy atom. The Balaban J connectivity index is 1.70. The van der Waals surface area contributed by atoms with Gasteiger partial charge in [-0.15, -0.1) is 0 Å². The first-order chi connectivity index (χ1) is 10.2. The highest BCUT2D eigenvalue weighted by Gasteiger charge is 2.21. The lowest BCUT2D eigenvalue weighted by Crippen LogP contribution is -2.23. The molecule has 106 valence electrons. The van der Waals surface area contributed by atoms with Crippen LogP contribution in [0.3, 0.4) is 0 Å². The van der Waals surface area contributed by atoms with Crippen LogP contribution in [0.15, 0.2) is 48.8 Å². The van der Waals surface area contributed by atoms with Gasteiger partial charge in [0.05, 0.1) is 5.56 Å². The zero-order valence-electron chi connectivity index (χ0n) is 11.5. The average molecular weight is 281 g/mol. The maximum Gasteiger partial charge on any atom is 0.257 e. The van der Waals surface area contributed by atoms with E-state index < -0.39 is 0 Å². The predicted molar refractivity (Wildman–Crippen MR) is 80.2 cm³/mol. The Morgan fingerprint density at radius 3 is 2.62 bits per heavy atom. The number of nitrogens with one attached hydrogen (secondary N) is 1. The van der Waals surface area contributed by atoms with Crippen LogP contribution in [0.4, 0.5) is 11.4 Å². The predicted octanol–water partition coefficient (Wildman–Crippen LogP) is 2.46. The molecule has 2 heterocycles. The molecule has 1 saturated heterocycles. The summed E-state index contributed by atoms with van der Waals surface area (Å²) in [5.74, 6) is -0.0461. The van der Waals surface area contributed by atoms with E-state index in [-0.39, 0.29) is 11.8 Å². The summed E-state index contributed by atoms with van der Waals surface area (Å²) in [6.07, 6.45) is 4.66. The first kappa shape index (κ1) is 13.3. The first-order valence-electron chi connectivity index (χ1n) is 6.86. The number of hydrogen-bond donors (Lipinski definition) is 1. The largest absolute Gasteiger partial charge is 0.322 e. The molecule has 1 aromatic heterocycles. The summed E-state index contributed by atoms with van der Waals surface area (Å²) in [7, 11) is 0. The minimum Gasteiger partial charge on any atom is -0.322 e. The summed E-state index contributed by atoms with van der Waals surface area (Å²) in [6.45, 7) is 0.764. The number of benzene rings is 1. The van der Waals surface area contributed by atoms with Gasteiger partial charge < -0.3 is 10.2 Å². The molecule has 1 fully saturated rings. The number of hydrogen-bond acceptors (Lipinski definition) is 3. The van der Waals surface area contributed by atoms with Gasteiger partial charge in [-0.2, -0.15) is 0 Å². The molecule has 5 heteroatoms. The monoisotopic (exact) mass is 281 g/mol. The van der Waals surface area contributed by atoms with Crippen molar-refractivity contribution in [3.8, 4) is 0 Å². The van der Waals surface area contributed by atoms with Crippen molar-refractivity contribution >= 4 is 23.2 Å². The van der Waals surface area contributed by atoms with Gasteiger partial charge in [0.1, 0.15) is 0 Å². The van der Waals surface area contributed by atoms with Crippen molar-refractivity contribution < 1.29 is 9.59 Å². The van der Waals surface area contributed by atoms with Gasteiger partial charge in [0, 0.05) is 36.7 Å². The summed E-state index contributed by atoms with van der Waals surface area (Å²) < 4.78 is 0. The summed E-state index contributed by atoms with van der Waals surface area (Å²) in [5, 5.41) is 2.80. The first-order valence-corrected chi connectivity index (χ1v) is 6.86. The molecular weight excluding hydrogens is 266 g/mol. The van der Waals surface area contributed by atoms with Crippen molar-refractivity contribution in [2.45, 2.75) is 12.8 Å². The van der Waals surface area contributed by atoms with Crippen molar-refractivity contribution in [3.05, 3.63) is 54.4 Å². The zero-order valence-corrected chi connectivity index (χ0v) is 11.5. The highest BCUT2D eigenvalue weighted by atomic mass is 16.2. The molecule has 1 aromatic carbocycles. The fourth-order valence-corrected chi connectivity index (χ4v) is 2.35. The Hall–Kier alpha value is -2.69. The van der Waals surface area contributed by atoms with E-state index in [4.69, 9.17) is 0 Å². The summed E-state index contributed by atoms with van der Waals surface area (Å²) in [6, 6.07) is 10.7. The summed E-state index contributed by atoms with van der Waals surface area (Å²) >= 11 is 0. The molecule has 2 amide bonds. The SMILES string of the molecule is O=C(Nc1ccc(N2CCCC2=O)cc1)c1cccnc1. The standard InChI is InChI=1S/C16H15N3O2/c20-15-4-2-10-19(15)14-7-5-13(6-8-14)18-16(21)12-3-1-9-17-11-12/h1,3,5-9,11H,2,4,10H2,(H,18,21). The maximum absolute atomic E-state index is 12.0. The Kier molecular flexibility index (Phi) is 3.64. The average Bonchev–Trinajstić information content (AvgIpc) is 2.95. The smallest absolute Gasteiger partial charge is 0.257 e. The summed E-state index contributed by atoms with van der Waals surface area (Å²) in [4.78, 5) is 29.4. The molecular formula is C16H15N3O2. The molecule has 0 saturated carbocycles. The van der Waals surface area contributed by atoms with Gasteiger partial charge in [0.25, 0.3) is 5.91 Å². The molecule has 3 rings (SSSR count). The van der Waals surface area contributed by atoms with Crippen LogP contribution in [-0.4, -0.2) is 23.3 Å². The molecule has 1 N–H and O–H groups in total. The van der Waals surface area contributed by atoms with Crippen molar-refractivity contribution in [1.82, 2.24) is 4.98 Å². The van der Waals surface area contributed by atoms with E-state index in [2.05, 4.69) is 10.3 Å². The molecule has 0 spiro atoms. The number of nitrogens with zero attached hydrogens (tertiary/aromatic N) is 2. The number of aromatic nitrogens is 1. The number of carbonyl (C=O) groups excluding carboxylic acids is 2. The topological polar surface area (TPSA) is 62.3 Å².